The fourth-order valence-electron chi connectivity index (χ4n) is 8.71. The standard InChI is InChI=1S/C51H81N15O15/c1-7-24(3)38(47(77)64-39(50(80)81)25(4)8-2)63-45(75)35(23-68)62-48(78)40(27(6)69)65-46(76)36-16-12-18-66(36)49(79)33(19-28-21-57-30-14-10-9-13-29(28)30)60-42(72)31(15-11-17-56-51(54)55)58-44(74)34(22-67)61-43(73)32(20-37(53)70)59-41(71)26(5)52/h9-10,13-14,21,24-27,31-36,38-40,57,67-69H,7-8,11-12,15-20,22-23,52H2,1-6H3,(H2,53,70)(H,58,74)(H,59,71)(H,60,72)(H,61,73)(H,62,78)(H,63,75)(H,64,77)(H,65,76)(H,80,81)(H4,54,55,56)/t24-,25-,26+,27+,31-,32-,33-,34-,35-,36-,38-,39-,40-/m0/s1. The average Bonchev–Trinajstić information content (AvgIpc) is 4.18. The van der Waals surface area contributed by atoms with Gasteiger partial charge in [0.2, 0.25) is 59.1 Å². The number of aromatic amines is 1. The molecule has 81 heavy (non-hydrogen) atoms. The van der Waals surface area contributed by atoms with Crippen LogP contribution in [0, 0.1) is 11.8 Å². The zero-order valence-corrected chi connectivity index (χ0v) is 46.4. The Morgan fingerprint density at radius 1 is 0.679 bits per heavy atom. The summed E-state index contributed by atoms with van der Waals surface area (Å²) in [7, 11) is 0. The summed E-state index contributed by atoms with van der Waals surface area (Å²) >= 11 is 0. The Balaban J connectivity index is 1.93. The number of aliphatic hydroxyl groups is 3. The number of aliphatic carboxylic acids is 1. The van der Waals surface area contributed by atoms with E-state index in [4.69, 9.17) is 22.9 Å². The Bertz CT molecular complexity index is 2570. The molecule has 0 saturated carbocycles. The predicted molar refractivity (Wildman–Crippen MR) is 292 cm³/mol. The molecule has 0 bridgehead atoms. The molecular formula is C51H81N15O15. The summed E-state index contributed by atoms with van der Waals surface area (Å²) in [6.45, 7) is 7.07. The second-order valence-electron chi connectivity index (χ2n) is 20.1. The number of guanidine groups is 1. The van der Waals surface area contributed by atoms with Crippen molar-refractivity contribution in [2.24, 2.45) is 39.8 Å². The number of carboxylic acids is 1. The number of nitrogens with two attached hydrogens (primary N) is 4. The van der Waals surface area contributed by atoms with Gasteiger partial charge >= 0.3 is 5.97 Å². The second-order valence-corrected chi connectivity index (χ2v) is 20.1. The maximum absolute atomic E-state index is 14.9. The van der Waals surface area contributed by atoms with Gasteiger partial charge in [0.15, 0.2) is 5.96 Å². The fourth-order valence-corrected chi connectivity index (χ4v) is 8.71. The molecule has 21 N–H and O–H groups in total. The zero-order chi connectivity index (χ0) is 60.8. The zero-order valence-electron chi connectivity index (χ0n) is 46.4. The first kappa shape index (κ1) is 67.3. The molecule has 30 heteroatoms. The highest BCUT2D eigenvalue weighted by atomic mass is 16.4. The van der Waals surface area contributed by atoms with Crippen molar-refractivity contribution in [3.8, 4) is 0 Å². The molecule has 10 amide bonds. The normalized spacial score (nSPS) is 17.6. The number of hydrogen-bond donors (Lipinski definition) is 17. The molecule has 1 aliphatic rings. The molecule has 1 aliphatic heterocycles. The van der Waals surface area contributed by atoms with E-state index in [0.717, 1.165) is 6.92 Å². The van der Waals surface area contributed by atoms with E-state index in [2.05, 4.69) is 52.5 Å². The molecular weight excluding hydrogens is 1060 g/mol. The summed E-state index contributed by atoms with van der Waals surface area (Å²) in [6, 6.07) is -7.91. The number of carboxylic acid groups (broad SMARTS) is 1. The SMILES string of the molecule is CC[C@H](C)[C@H](NC(=O)[C@@H](NC(=O)[C@H](CO)NC(=O)[C@@H](NC(=O)[C@@H]1CCCN1C(=O)[C@H](Cc1c[nH]c2ccccc12)NC(=O)[C@H](CCCN=C(N)N)NC(=O)[C@H](CO)NC(=O)[C@H](CC(N)=O)NC(=O)[C@@H](C)N)[C@@H](C)O)[C@@H](C)CC)C(=O)O. The monoisotopic (exact) mass is 1140 g/mol. The molecule has 0 spiro atoms. The number of carbonyl (C=O) groups is 11. The summed E-state index contributed by atoms with van der Waals surface area (Å²) in [4.78, 5) is 156. The van der Waals surface area contributed by atoms with E-state index in [0.29, 0.717) is 29.3 Å². The van der Waals surface area contributed by atoms with Gasteiger partial charge in [0.25, 0.3) is 0 Å². The first-order chi connectivity index (χ1) is 38.2. The number of para-hydroxylation sites is 1. The van der Waals surface area contributed by atoms with Crippen molar-refractivity contribution in [3.05, 3.63) is 36.0 Å². The number of nitrogens with one attached hydrogen (secondary N) is 9. The molecule has 0 unspecified atom stereocenters. The number of nitrogens with zero attached hydrogens (tertiary/aromatic N) is 2. The van der Waals surface area contributed by atoms with E-state index in [1.165, 1.54) is 11.8 Å². The largest absolute Gasteiger partial charge is 0.480 e. The highest BCUT2D eigenvalue weighted by Gasteiger charge is 2.42. The number of likely N-dealkylation sites (tertiary alicyclic amines) is 1. The summed E-state index contributed by atoms with van der Waals surface area (Å²) in [5.74, 6) is -12.3. The number of fused-ring (bicyclic) bond motifs is 1. The Morgan fingerprint density at radius 2 is 1.20 bits per heavy atom. The lowest BCUT2D eigenvalue weighted by molar-refractivity contribution is -0.144. The molecule has 0 radical (unpaired) electrons. The van der Waals surface area contributed by atoms with Crippen LogP contribution in [0.3, 0.4) is 0 Å². The van der Waals surface area contributed by atoms with E-state index in [1.54, 1.807) is 58.2 Å². The van der Waals surface area contributed by atoms with Gasteiger partial charge in [0, 0.05) is 36.6 Å². The number of aromatic nitrogens is 1. The number of hydrogen-bond acceptors (Lipinski definition) is 16. The smallest absolute Gasteiger partial charge is 0.326 e. The molecule has 1 aromatic carbocycles. The third kappa shape index (κ3) is 20.0. The Hall–Kier alpha value is -7.96. The van der Waals surface area contributed by atoms with Crippen LogP contribution in [0.25, 0.3) is 10.9 Å². The number of primary amides is 1. The van der Waals surface area contributed by atoms with Gasteiger partial charge in [0.1, 0.15) is 54.4 Å². The van der Waals surface area contributed by atoms with Crippen molar-refractivity contribution in [1.82, 2.24) is 52.4 Å². The summed E-state index contributed by atoms with van der Waals surface area (Å²) < 4.78 is 0. The van der Waals surface area contributed by atoms with Gasteiger partial charge in [-0.25, -0.2) is 4.79 Å². The van der Waals surface area contributed by atoms with Crippen LogP contribution in [0.1, 0.15) is 92.1 Å². The van der Waals surface area contributed by atoms with Gasteiger partial charge in [-0.3, -0.25) is 52.9 Å². The van der Waals surface area contributed by atoms with Crippen molar-refractivity contribution >= 4 is 81.9 Å². The van der Waals surface area contributed by atoms with Crippen LogP contribution < -0.4 is 65.5 Å². The van der Waals surface area contributed by atoms with Crippen molar-refractivity contribution in [2.75, 3.05) is 26.3 Å². The third-order valence-electron chi connectivity index (χ3n) is 13.8. The quantitative estimate of drug-likeness (QED) is 0.0180. The molecule has 30 nitrogen and oxygen atoms in total. The number of carbonyl (C=O) groups excluding carboxylic acids is 10. The number of rotatable bonds is 33. The maximum Gasteiger partial charge on any atom is 0.326 e. The van der Waals surface area contributed by atoms with Crippen LogP contribution in [-0.4, -0.2) is 194 Å². The van der Waals surface area contributed by atoms with Gasteiger partial charge in [-0.2, -0.15) is 0 Å². The fraction of sp³-hybridized carbons (Fsp3) is 0.608. The molecule has 3 rings (SSSR count). The van der Waals surface area contributed by atoms with Crippen LogP contribution in [0.15, 0.2) is 35.5 Å². The van der Waals surface area contributed by atoms with Crippen molar-refractivity contribution < 1.29 is 73.2 Å². The minimum absolute atomic E-state index is 0.0347. The Morgan fingerprint density at radius 3 is 1.77 bits per heavy atom. The molecule has 1 fully saturated rings. The van der Waals surface area contributed by atoms with Crippen molar-refractivity contribution in [3.63, 3.8) is 0 Å². The van der Waals surface area contributed by atoms with Gasteiger partial charge in [0.05, 0.1) is 31.8 Å². The van der Waals surface area contributed by atoms with Crippen LogP contribution in [0.2, 0.25) is 0 Å². The average molecular weight is 1140 g/mol. The summed E-state index contributed by atoms with van der Waals surface area (Å²) in [5.41, 5.74) is 23.1. The minimum Gasteiger partial charge on any atom is -0.480 e. The number of amides is 10. The minimum atomic E-state index is -1.79. The van der Waals surface area contributed by atoms with Crippen LogP contribution >= 0.6 is 0 Å². The number of benzene rings is 1. The lowest BCUT2D eigenvalue weighted by Crippen LogP contribution is -2.62. The third-order valence-corrected chi connectivity index (χ3v) is 13.8. The molecule has 1 aromatic heterocycles. The van der Waals surface area contributed by atoms with Crippen LogP contribution in [0.5, 0.6) is 0 Å². The molecule has 2 aromatic rings. The number of aliphatic hydroxyl groups excluding tert-OH is 3. The van der Waals surface area contributed by atoms with E-state index in [1.807, 2.05) is 0 Å². The lowest BCUT2D eigenvalue weighted by Gasteiger charge is -2.31. The van der Waals surface area contributed by atoms with Gasteiger partial charge in [-0.15, -0.1) is 0 Å². The summed E-state index contributed by atoms with van der Waals surface area (Å²) in [6.07, 6.45) is -0.0332. The van der Waals surface area contributed by atoms with E-state index < -0.39 is 163 Å². The molecule has 13 atom stereocenters. The van der Waals surface area contributed by atoms with Crippen molar-refractivity contribution in [2.45, 2.75) is 159 Å². The Kier molecular flexibility index (Phi) is 26.9. The number of H-pyrrole nitrogens is 1. The highest BCUT2D eigenvalue weighted by molar-refractivity contribution is 6.00. The topological polar surface area (TPSA) is 500 Å². The summed E-state index contributed by atoms with van der Waals surface area (Å²) in [5, 5.41) is 61.1. The van der Waals surface area contributed by atoms with Gasteiger partial charge < -0.3 is 95.8 Å². The first-order valence-electron chi connectivity index (χ1n) is 26.7. The van der Waals surface area contributed by atoms with Crippen LogP contribution in [0.4, 0.5) is 0 Å². The maximum atomic E-state index is 14.9. The molecule has 0 aliphatic carbocycles. The predicted octanol–water partition coefficient (Wildman–Crippen LogP) is -5.60. The molecule has 1 saturated heterocycles. The van der Waals surface area contributed by atoms with Gasteiger partial charge in [-0.1, -0.05) is 58.7 Å². The number of aliphatic imine (C=N–C) groups is 1. The lowest BCUT2D eigenvalue weighted by atomic mass is 9.95. The van der Waals surface area contributed by atoms with Gasteiger partial charge in [-0.05, 0) is 63.0 Å². The van der Waals surface area contributed by atoms with E-state index in [9.17, 15) is 73.2 Å². The van der Waals surface area contributed by atoms with Crippen LogP contribution in [-0.2, 0) is 59.2 Å². The van der Waals surface area contributed by atoms with E-state index >= 15 is 0 Å². The molecule has 450 valence electrons. The Labute approximate surface area is 467 Å². The van der Waals surface area contributed by atoms with E-state index in [-0.39, 0.29) is 51.2 Å². The van der Waals surface area contributed by atoms with Crippen molar-refractivity contribution in [1.29, 1.82) is 0 Å². The second kappa shape index (κ2) is 32.3. The molecule has 2 heterocycles. The highest BCUT2D eigenvalue weighted by Crippen LogP contribution is 2.24. The first-order valence-corrected chi connectivity index (χ1v) is 26.7.